The van der Waals surface area contributed by atoms with E-state index in [0.717, 1.165) is 34.2 Å². The first kappa shape index (κ1) is 12.2. The van der Waals surface area contributed by atoms with Gasteiger partial charge >= 0.3 is 0 Å². The van der Waals surface area contributed by atoms with Gasteiger partial charge in [-0.1, -0.05) is 12.1 Å². The van der Waals surface area contributed by atoms with Crippen LogP contribution in [-0.2, 0) is 6.54 Å². The molecule has 0 unspecified atom stereocenters. The van der Waals surface area contributed by atoms with Gasteiger partial charge in [0.15, 0.2) is 0 Å². The Hall–Kier alpha value is -1.88. The van der Waals surface area contributed by atoms with Crippen molar-refractivity contribution in [1.29, 1.82) is 0 Å². The first-order chi connectivity index (χ1) is 9.34. The van der Waals surface area contributed by atoms with Crippen LogP contribution in [0.1, 0.15) is 0 Å². The van der Waals surface area contributed by atoms with Gasteiger partial charge < -0.3 is 5.32 Å². The summed E-state index contributed by atoms with van der Waals surface area (Å²) in [6.45, 7) is 1.66. The van der Waals surface area contributed by atoms with Crippen LogP contribution in [0, 0.1) is 0 Å². The molecule has 96 valence electrons. The quantitative estimate of drug-likeness (QED) is 0.803. The highest BCUT2D eigenvalue weighted by molar-refractivity contribution is 9.10. The maximum absolute atomic E-state index is 4.39. The number of halogens is 1. The molecule has 1 aromatic carbocycles. The second-order valence-corrected chi connectivity index (χ2v) is 5.04. The number of hydrogen-bond acceptors (Lipinski definition) is 3. The highest BCUT2D eigenvalue weighted by Crippen LogP contribution is 2.27. The van der Waals surface area contributed by atoms with Crippen molar-refractivity contribution in [3.8, 4) is 0 Å². The lowest BCUT2D eigenvalue weighted by Crippen LogP contribution is -2.11. The molecule has 0 aliphatic heterocycles. The Morgan fingerprint density at radius 2 is 2.11 bits per heavy atom. The zero-order valence-corrected chi connectivity index (χ0v) is 11.8. The first-order valence-electron chi connectivity index (χ1n) is 6.09. The predicted molar refractivity (Wildman–Crippen MR) is 80.2 cm³/mol. The molecule has 2 aromatic heterocycles. The second kappa shape index (κ2) is 5.40. The Labute approximate surface area is 119 Å². The fourth-order valence-corrected chi connectivity index (χ4v) is 2.50. The minimum absolute atomic E-state index is 0.827. The Balaban J connectivity index is 1.79. The molecule has 19 heavy (non-hydrogen) atoms. The van der Waals surface area contributed by atoms with Gasteiger partial charge in [-0.25, -0.2) is 0 Å². The van der Waals surface area contributed by atoms with Gasteiger partial charge in [-0.2, -0.15) is 5.10 Å². The number of pyridine rings is 1. The molecule has 3 aromatic rings. The number of rotatable bonds is 4. The summed E-state index contributed by atoms with van der Waals surface area (Å²) < 4.78 is 2.92. The lowest BCUT2D eigenvalue weighted by molar-refractivity contribution is 0.638. The summed E-state index contributed by atoms with van der Waals surface area (Å²) in [5, 5.41) is 8.73. The monoisotopic (exact) mass is 316 g/mol. The lowest BCUT2D eigenvalue weighted by Gasteiger charge is -2.10. The molecule has 0 saturated heterocycles. The molecule has 0 atom stereocenters. The number of hydrogen-bond donors (Lipinski definition) is 1. The summed E-state index contributed by atoms with van der Waals surface area (Å²) in [5.74, 6) is 0. The van der Waals surface area contributed by atoms with Crippen molar-refractivity contribution in [2.45, 2.75) is 6.54 Å². The van der Waals surface area contributed by atoms with Gasteiger partial charge in [0, 0.05) is 40.7 Å². The Bertz CT molecular complexity index is 679. The van der Waals surface area contributed by atoms with Crippen LogP contribution in [-0.4, -0.2) is 21.3 Å². The zero-order valence-electron chi connectivity index (χ0n) is 10.3. The molecule has 1 N–H and O–H groups in total. The largest absolute Gasteiger partial charge is 0.383 e. The van der Waals surface area contributed by atoms with Crippen molar-refractivity contribution in [3.05, 3.63) is 53.4 Å². The molecule has 0 amide bonds. The van der Waals surface area contributed by atoms with Crippen LogP contribution >= 0.6 is 15.9 Å². The molecule has 5 heteroatoms. The van der Waals surface area contributed by atoms with Crippen LogP contribution < -0.4 is 5.32 Å². The highest BCUT2D eigenvalue weighted by Gasteiger charge is 2.03. The fourth-order valence-electron chi connectivity index (χ4n) is 2.03. The highest BCUT2D eigenvalue weighted by atomic mass is 79.9. The van der Waals surface area contributed by atoms with E-state index < -0.39 is 0 Å². The van der Waals surface area contributed by atoms with E-state index in [4.69, 9.17) is 0 Å². The SMILES string of the molecule is Brc1cccc2c(NCCn3cccn3)ccnc12. The third kappa shape index (κ3) is 2.61. The number of anilines is 1. The van der Waals surface area contributed by atoms with Crippen LogP contribution in [0.15, 0.2) is 53.4 Å². The van der Waals surface area contributed by atoms with Crippen LogP contribution in [0.25, 0.3) is 10.9 Å². The molecular formula is C14H13BrN4. The number of benzene rings is 1. The smallest absolute Gasteiger partial charge is 0.0864 e. The van der Waals surface area contributed by atoms with Gasteiger partial charge in [0.05, 0.1) is 12.1 Å². The summed E-state index contributed by atoms with van der Waals surface area (Å²) in [5.41, 5.74) is 2.07. The Morgan fingerprint density at radius 3 is 2.95 bits per heavy atom. The maximum atomic E-state index is 4.39. The van der Waals surface area contributed by atoms with Gasteiger partial charge in [0.1, 0.15) is 0 Å². The van der Waals surface area contributed by atoms with Crippen molar-refractivity contribution in [3.63, 3.8) is 0 Å². The molecule has 0 saturated carbocycles. The minimum atomic E-state index is 0.827. The number of fused-ring (bicyclic) bond motifs is 1. The molecule has 0 fully saturated rings. The molecule has 3 rings (SSSR count). The van der Waals surface area contributed by atoms with Crippen LogP contribution in [0.2, 0.25) is 0 Å². The molecule has 0 aliphatic rings. The third-order valence-corrected chi connectivity index (χ3v) is 3.58. The van der Waals surface area contributed by atoms with E-state index in [9.17, 15) is 0 Å². The number of nitrogens with zero attached hydrogens (tertiary/aromatic N) is 3. The van der Waals surface area contributed by atoms with E-state index in [1.807, 2.05) is 41.3 Å². The molecule has 2 heterocycles. The molecule has 0 spiro atoms. The lowest BCUT2D eigenvalue weighted by atomic mass is 10.2. The minimum Gasteiger partial charge on any atom is -0.383 e. The average molecular weight is 317 g/mol. The average Bonchev–Trinajstić information content (AvgIpc) is 2.93. The summed E-state index contributed by atoms with van der Waals surface area (Å²) in [7, 11) is 0. The van der Waals surface area contributed by atoms with Gasteiger partial charge in [-0.3, -0.25) is 9.67 Å². The van der Waals surface area contributed by atoms with Gasteiger partial charge in [0.2, 0.25) is 0 Å². The van der Waals surface area contributed by atoms with Crippen LogP contribution in [0.5, 0.6) is 0 Å². The number of para-hydroxylation sites is 1. The number of nitrogens with one attached hydrogen (secondary N) is 1. The van der Waals surface area contributed by atoms with Gasteiger partial charge in [-0.15, -0.1) is 0 Å². The fraction of sp³-hybridized carbons (Fsp3) is 0.143. The normalized spacial score (nSPS) is 10.8. The predicted octanol–water partition coefficient (Wildman–Crippen LogP) is 3.31. The summed E-state index contributed by atoms with van der Waals surface area (Å²) in [6, 6.07) is 10.0. The Kier molecular flexibility index (Phi) is 3.46. The van der Waals surface area contributed by atoms with E-state index in [2.05, 4.69) is 37.4 Å². The van der Waals surface area contributed by atoms with Crippen molar-refractivity contribution in [1.82, 2.24) is 14.8 Å². The standard InChI is InChI=1S/C14H13BrN4/c15-12-4-1-3-11-13(5-7-17-14(11)12)16-8-10-19-9-2-6-18-19/h1-7,9H,8,10H2,(H,16,17). The van der Waals surface area contributed by atoms with E-state index in [1.54, 1.807) is 6.20 Å². The number of aromatic nitrogens is 3. The van der Waals surface area contributed by atoms with Gasteiger partial charge in [0.25, 0.3) is 0 Å². The zero-order chi connectivity index (χ0) is 13.1. The summed E-state index contributed by atoms with van der Waals surface area (Å²) in [6.07, 6.45) is 5.57. The molecule has 0 bridgehead atoms. The van der Waals surface area contributed by atoms with Crippen LogP contribution in [0.3, 0.4) is 0 Å². The topological polar surface area (TPSA) is 42.7 Å². The van der Waals surface area contributed by atoms with E-state index in [1.165, 1.54) is 0 Å². The van der Waals surface area contributed by atoms with E-state index in [-0.39, 0.29) is 0 Å². The van der Waals surface area contributed by atoms with Crippen molar-refractivity contribution < 1.29 is 0 Å². The van der Waals surface area contributed by atoms with Crippen molar-refractivity contribution >= 4 is 32.5 Å². The molecule has 0 radical (unpaired) electrons. The molecule has 4 nitrogen and oxygen atoms in total. The summed E-state index contributed by atoms with van der Waals surface area (Å²) in [4.78, 5) is 4.39. The van der Waals surface area contributed by atoms with Crippen molar-refractivity contribution in [2.24, 2.45) is 0 Å². The van der Waals surface area contributed by atoms with Crippen molar-refractivity contribution in [2.75, 3.05) is 11.9 Å². The Morgan fingerprint density at radius 1 is 1.16 bits per heavy atom. The van der Waals surface area contributed by atoms with Crippen LogP contribution in [0.4, 0.5) is 5.69 Å². The van der Waals surface area contributed by atoms with Gasteiger partial charge in [-0.05, 0) is 34.1 Å². The molecular weight excluding hydrogens is 304 g/mol. The molecule has 0 aliphatic carbocycles. The first-order valence-corrected chi connectivity index (χ1v) is 6.88. The maximum Gasteiger partial charge on any atom is 0.0864 e. The van der Waals surface area contributed by atoms with E-state index >= 15 is 0 Å². The third-order valence-electron chi connectivity index (χ3n) is 2.94. The second-order valence-electron chi connectivity index (χ2n) is 4.19. The summed E-state index contributed by atoms with van der Waals surface area (Å²) >= 11 is 3.53. The van der Waals surface area contributed by atoms with E-state index in [0.29, 0.717) is 0 Å².